The van der Waals surface area contributed by atoms with Gasteiger partial charge in [-0.1, -0.05) is 6.07 Å². The van der Waals surface area contributed by atoms with Gasteiger partial charge in [-0.3, -0.25) is 4.90 Å². The number of benzene rings is 1. The molecule has 0 radical (unpaired) electrons. The first-order valence-corrected chi connectivity index (χ1v) is 7.06. The Bertz CT molecular complexity index is 420. The molecule has 20 heavy (non-hydrogen) atoms. The van der Waals surface area contributed by atoms with Crippen LogP contribution in [0.5, 0.6) is 11.5 Å². The first-order chi connectivity index (χ1) is 9.72. The topological polar surface area (TPSA) is 47.7 Å². The second-order valence-electron chi connectivity index (χ2n) is 5.14. The van der Waals surface area contributed by atoms with Crippen molar-refractivity contribution in [2.75, 3.05) is 33.5 Å². The number of nitrogens with two attached hydrogens (primary N) is 1. The third kappa shape index (κ3) is 4.08. The Labute approximate surface area is 119 Å². The lowest BCUT2D eigenvalue weighted by atomic mass is 10.1. The number of likely N-dealkylation sites (tertiary alicyclic amines) is 1. The summed E-state index contributed by atoms with van der Waals surface area (Å²) in [6.45, 7) is 2.46. The van der Waals surface area contributed by atoms with Gasteiger partial charge in [-0.15, -0.1) is 0 Å². The molecule has 1 aromatic carbocycles. The van der Waals surface area contributed by atoms with E-state index in [9.17, 15) is 4.39 Å². The number of hydrogen-bond acceptors (Lipinski definition) is 4. The molecule has 1 aliphatic rings. The van der Waals surface area contributed by atoms with Crippen molar-refractivity contribution in [3.05, 3.63) is 23.8 Å². The van der Waals surface area contributed by atoms with Gasteiger partial charge in [0.2, 0.25) is 0 Å². The summed E-state index contributed by atoms with van der Waals surface area (Å²) in [5, 5.41) is 0. The van der Waals surface area contributed by atoms with E-state index in [2.05, 4.69) is 4.90 Å². The molecule has 1 fully saturated rings. The molecule has 0 aromatic heterocycles. The summed E-state index contributed by atoms with van der Waals surface area (Å²) in [5.74, 6) is 1.25. The molecule has 0 atom stereocenters. The van der Waals surface area contributed by atoms with Crippen molar-refractivity contribution in [1.82, 2.24) is 4.90 Å². The first-order valence-electron chi connectivity index (χ1n) is 7.06. The summed E-state index contributed by atoms with van der Waals surface area (Å²) >= 11 is 0. The quantitative estimate of drug-likeness (QED) is 0.866. The lowest BCUT2D eigenvalue weighted by molar-refractivity contribution is 0.205. The highest BCUT2D eigenvalue weighted by Gasteiger charge is 2.16. The van der Waals surface area contributed by atoms with E-state index in [4.69, 9.17) is 15.2 Å². The van der Waals surface area contributed by atoms with Gasteiger partial charge in [0.1, 0.15) is 13.3 Å². The van der Waals surface area contributed by atoms with Crippen molar-refractivity contribution in [2.24, 2.45) is 5.73 Å². The summed E-state index contributed by atoms with van der Waals surface area (Å²) in [5.41, 5.74) is 7.06. The highest BCUT2D eigenvalue weighted by atomic mass is 19.1. The Hall–Kier alpha value is -1.33. The minimum absolute atomic E-state index is 0.0539. The van der Waals surface area contributed by atoms with Gasteiger partial charge in [0.25, 0.3) is 0 Å². The van der Waals surface area contributed by atoms with E-state index in [0.717, 1.165) is 38.0 Å². The van der Waals surface area contributed by atoms with Crippen LogP contribution in [0, 0.1) is 0 Å². The van der Waals surface area contributed by atoms with Crippen molar-refractivity contribution < 1.29 is 13.9 Å². The maximum Gasteiger partial charge on any atom is 0.161 e. The molecule has 1 aliphatic heterocycles. The average Bonchev–Trinajstić information content (AvgIpc) is 2.47. The highest BCUT2D eigenvalue weighted by Crippen LogP contribution is 2.28. The van der Waals surface area contributed by atoms with Crippen LogP contribution in [0.15, 0.2) is 18.2 Å². The number of rotatable bonds is 6. The van der Waals surface area contributed by atoms with E-state index in [-0.39, 0.29) is 6.61 Å². The van der Waals surface area contributed by atoms with Gasteiger partial charge in [0.15, 0.2) is 11.5 Å². The van der Waals surface area contributed by atoms with Crippen LogP contribution in [-0.4, -0.2) is 44.4 Å². The van der Waals surface area contributed by atoms with Crippen LogP contribution in [0.25, 0.3) is 0 Å². The van der Waals surface area contributed by atoms with Crippen molar-refractivity contribution in [3.63, 3.8) is 0 Å². The number of nitrogens with zero attached hydrogens (tertiary/aromatic N) is 1. The lowest BCUT2D eigenvalue weighted by Gasteiger charge is -2.30. The zero-order chi connectivity index (χ0) is 14.4. The molecule has 2 rings (SSSR count). The molecular formula is C15H23FN2O2. The minimum Gasteiger partial charge on any atom is -0.493 e. The van der Waals surface area contributed by atoms with Gasteiger partial charge in [0.05, 0.1) is 7.11 Å². The number of halogens is 1. The molecule has 0 amide bonds. The molecule has 2 N–H and O–H groups in total. The molecule has 0 spiro atoms. The van der Waals surface area contributed by atoms with Crippen LogP contribution in [0.1, 0.15) is 18.4 Å². The number of alkyl halides is 1. The van der Waals surface area contributed by atoms with Crippen LogP contribution < -0.4 is 15.2 Å². The van der Waals surface area contributed by atoms with Crippen molar-refractivity contribution in [3.8, 4) is 11.5 Å². The normalized spacial score (nSPS) is 17.1. The first kappa shape index (κ1) is 15.1. The monoisotopic (exact) mass is 282 g/mol. The van der Waals surface area contributed by atoms with Gasteiger partial charge < -0.3 is 15.2 Å². The fourth-order valence-electron chi connectivity index (χ4n) is 2.45. The molecule has 4 nitrogen and oxygen atoms in total. The molecule has 0 saturated carbocycles. The van der Waals surface area contributed by atoms with Crippen molar-refractivity contribution in [2.45, 2.75) is 25.4 Å². The smallest absolute Gasteiger partial charge is 0.161 e. The zero-order valence-corrected chi connectivity index (χ0v) is 12.0. The molecule has 0 bridgehead atoms. The zero-order valence-electron chi connectivity index (χ0n) is 12.0. The number of piperidine rings is 1. The molecule has 112 valence electrons. The summed E-state index contributed by atoms with van der Waals surface area (Å²) in [4.78, 5) is 2.38. The van der Waals surface area contributed by atoms with Gasteiger partial charge >= 0.3 is 0 Å². The van der Waals surface area contributed by atoms with E-state index in [1.54, 1.807) is 7.11 Å². The van der Waals surface area contributed by atoms with Gasteiger partial charge in [-0.25, -0.2) is 4.39 Å². The van der Waals surface area contributed by atoms with Gasteiger partial charge in [0, 0.05) is 12.6 Å². The van der Waals surface area contributed by atoms with Crippen LogP contribution in [0.3, 0.4) is 0 Å². The van der Waals surface area contributed by atoms with Crippen LogP contribution in [0.4, 0.5) is 4.39 Å². The maximum absolute atomic E-state index is 12.2. The van der Waals surface area contributed by atoms with Crippen LogP contribution >= 0.6 is 0 Å². The maximum atomic E-state index is 12.2. The summed E-state index contributed by atoms with van der Waals surface area (Å²) in [6, 6.07) is 6.17. The SMILES string of the molecule is COc1ccc(CN2CCC(N)CC2)cc1OCCF. The Morgan fingerprint density at radius 2 is 2.05 bits per heavy atom. The average molecular weight is 282 g/mol. The van der Waals surface area contributed by atoms with E-state index in [0.29, 0.717) is 17.5 Å². The van der Waals surface area contributed by atoms with Crippen LogP contribution in [-0.2, 0) is 6.54 Å². The largest absolute Gasteiger partial charge is 0.493 e. The molecule has 1 aromatic rings. The fourth-order valence-corrected chi connectivity index (χ4v) is 2.45. The van der Waals surface area contributed by atoms with Crippen molar-refractivity contribution >= 4 is 0 Å². The predicted molar refractivity (Wildman–Crippen MR) is 77.0 cm³/mol. The molecular weight excluding hydrogens is 259 g/mol. The Morgan fingerprint density at radius 3 is 2.70 bits per heavy atom. The summed E-state index contributed by atoms with van der Waals surface area (Å²) in [6.07, 6.45) is 2.09. The third-order valence-electron chi connectivity index (χ3n) is 3.60. The Morgan fingerprint density at radius 1 is 1.30 bits per heavy atom. The van der Waals surface area contributed by atoms with Crippen LogP contribution in [0.2, 0.25) is 0 Å². The molecule has 1 heterocycles. The Kier molecular flexibility index (Phi) is 5.61. The third-order valence-corrected chi connectivity index (χ3v) is 3.60. The second kappa shape index (κ2) is 7.45. The number of ether oxygens (including phenoxy) is 2. The molecule has 0 aliphatic carbocycles. The number of methoxy groups -OCH3 is 1. The lowest BCUT2D eigenvalue weighted by Crippen LogP contribution is -2.39. The van der Waals surface area contributed by atoms with Gasteiger partial charge in [-0.05, 0) is 43.6 Å². The van der Waals surface area contributed by atoms with Gasteiger partial charge in [-0.2, -0.15) is 0 Å². The molecule has 0 unspecified atom stereocenters. The molecule has 1 saturated heterocycles. The second-order valence-corrected chi connectivity index (χ2v) is 5.14. The fraction of sp³-hybridized carbons (Fsp3) is 0.600. The van der Waals surface area contributed by atoms with E-state index in [1.807, 2.05) is 18.2 Å². The van der Waals surface area contributed by atoms with E-state index >= 15 is 0 Å². The predicted octanol–water partition coefficient (Wildman–Crippen LogP) is 1.97. The van der Waals surface area contributed by atoms with E-state index in [1.165, 1.54) is 0 Å². The Balaban J connectivity index is 2.00. The summed E-state index contributed by atoms with van der Waals surface area (Å²) in [7, 11) is 1.59. The highest BCUT2D eigenvalue weighted by molar-refractivity contribution is 5.43. The number of hydrogen-bond donors (Lipinski definition) is 1. The standard InChI is InChI=1S/C15H23FN2O2/c1-19-14-3-2-12(10-15(14)20-9-6-16)11-18-7-4-13(17)5-8-18/h2-3,10,13H,4-9,11,17H2,1H3. The molecule has 5 heteroatoms. The summed E-state index contributed by atoms with van der Waals surface area (Å²) < 4.78 is 22.8. The minimum atomic E-state index is -0.503. The van der Waals surface area contributed by atoms with Crippen molar-refractivity contribution in [1.29, 1.82) is 0 Å². The van der Waals surface area contributed by atoms with E-state index < -0.39 is 6.67 Å².